The molecule has 2 heterocycles. The Morgan fingerprint density at radius 1 is 1.29 bits per heavy atom. The Balaban J connectivity index is 2.32. The summed E-state index contributed by atoms with van der Waals surface area (Å²) >= 11 is 5.83. The van der Waals surface area contributed by atoms with Gasteiger partial charge >= 0.3 is 0 Å². The molecule has 17 heavy (non-hydrogen) atoms. The summed E-state index contributed by atoms with van der Waals surface area (Å²) in [5.74, 6) is 0.485. The Bertz CT molecular complexity index is 732. The van der Waals surface area contributed by atoms with E-state index in [2.05, 4.69) is 9.97 Å². The van der Waals surface area contributed by atoms with Crippen LogP contribution >= 0.6 is 11.6 Å². The maximum Gasteiger partial charge on any atom is 0.259 e. The van der Waals surface area contributed by atoms with E-state index < -0.39 is 0 Å². The molecule has 84 valence electrons. The van der Waals surface area contributed by atoms with Crippen molar-refractivity contribution in [3.63, 3.8) is 0 Å². The second kappa shape index (κ2) is 3.75. The van der Waals surface area contributed by atoms with Gasteiger partial charge in [0.2, 0.25) is 0 Å². The van der Waals surface area contributed by atoms with Gasteiger partial charge in [0.25, 0.3) is 5.56 Å². The fourth-order valence-corrected chi connectivity index (χ4v) is 1.82. The summed E-state index contributed by atoms with van der Waals surface area (Å²) in [4.78, 5) is 18.9. The Labute approximate surface area is 101 Å². The molecule has 0 unspecified atom stereocenters. The quantitative estimate of drug-likeness (QED) is 0.718. The van der Waals surface area contributed by atoms with E-state index >= 15 is 0 Å². The van der Waals surface area contributed by atoms with E-state index in [1.165, 1.54) is 12.5 Å². The first-order valence-corrected chi connectivity index (χ1v) is 5.34. The average molecular weight is 247 g/mol. The summed E-state index contributed by atoms with van der Waals surface area (Å²) in [7, 11) is 0. The first-order valence-electron chi connectivity index (χ1n) is 4.96. The van der Waals surface area contributed by atoms with E-state index in [0.717, 1.165) is 5.56 Å². The van der Waals surface area contributed by atoms with Gasteiger partial charge in [-0.15, -0.1) is 0 Å². The summed E-state index contributed by atoms with van der Waals surface area (Å²) in [5, 5.41) is 0.991. The molecular weight excluding hydrogens is 240 g/mol. The molecule has 1 N–H and O–H groups in total. The molecule has 0 atom stereocenters. The molecule has 4 nitrogen and oxygen atoms in total. The third-order valence-electron chi connectivity index (χ3n) is 2.46. The number of benzene rings is 1. The van der Waals surface area contributed by atoms with Crippen LogP contribution in [0.25, 0.3) is 22.3 Å². The van der Waals surface area contributed by atoms with E-state index in [-0.39, 0.29) is 5.56 Å². The monoisotopic (exact) mass is 246 g/mol. The van der Waals surface area contributed by atoms with Gasteiger partial charge in [-0.05, 0) is 24.3 Å². The normalized spacial score (nSPS) is 10.9. The van der Waals surface area contributed by atoms with Crippen molar-refractivity contribution >= 4 is 22.5 Å². The number of furan rings is 1. The minimum Gasteiger partial charge on any atom is -0.472 e. The van der Waals surface area contributed by atoms with E-state index in [0.29, 0.717) is 21.7 Å². The van der Waals surface area contributed by atoms with Crippen molar-refractivity contribution in [1.82, 2.24) is 9.97 Å². The highest BCUT2D eigenvalue weighted by Gasteiger charge is 2.06. The number of rotatable bonds is 1. The Kier molecular flexibility index (Phi) is 2.23. The van der Waals surface area contributed by atoms with E-state index in [1.54, 1.807) is 24.3 Å². The average Bonchev–Trinajstić information content (AvgIpc) is 2.83. The predicted octanol–water partition coefficient (Wildman–Crippen LogP) is 2.84. The molecular formula is C12H7ClN2O2. The van der Waals surface area contributed by atoms with Gasteiger partial charge in [0.15, 0.2) is 0 Å². The SMILES string of the molecule is O=c1[nH]c(-c2ccoc2)nc2ccc(Cl)cc12. The zero-order chi connectivity index (χ0) is 11.8. The predicted molar refractivity (Wildman–Crippen MR) is 65.1 cm³/mol. The lowest BCUT2D eigenvalue weighted by Gasteiger charge is -2.00. The van der Waals surface area contributed by atoms with Crippen LogP contribution in [-0.2, 0) is 0 Å². The Morgan fingerprint density at radius 3 is 2.94 bits per heavy atom. The Hall–Kier alpha value is -2.07. The van der Waals surface area contributed by atoms with Crippen LogP contribution in [-0.4, -0.2) is 9.97 Å². The molecule has 0 aliphatic carbocycles. The lowest BCUT2D eigenvalue weighted by atomic mass is 10.2. The zero-order valence-electron chi connectivity index (χ0n) is 8.61. The molecule has 3 aromatic rings. The second-order valence-corrected chi connectivity index (χ2v) is 4.02. The Morgan fingerprint density at radius 2 is 2.18 bits per heavy atom. The maximum absolute atomic E-state index is 11.9. The topological polar surface area (TPSA) is 58.9 Å². The van der Waals surface area contributed by atoms with Crippen LogP contribution in [0.4, 0.5) is 0 Å². The van der Waals surface area contributed by atoms with Crippen molar-refractivity contribution in [1.29, 1.82) is 0 Å². The number of halogens is 1. The van der Waals surface area contributed by atoms with Crippen molar-refractivity contribution in [3.8, 4) is 11.4 Å². The molecule has 2 aromatic heterocycles. The van der Waals surface area contributed by atoms with Crippen LogP contribution in [0.1, 0.15) is 0 Å². The standard InChI is InChI=1S/C12H7ClN2O2/c13-8-1-2-10-9(5-8)12(16)15-11(14-10)7-3-4-17-6-7/h1-6H,(H,14,15,16). The lowest BCUT2D eigenvalue weighted by molar-refractivity contribution is 0.568. The van der Waals surface area contributed by atoms with Gasteiger partial charge in [-0.1, -0.05) is 11.6 Å². The fourth-order valence-electron chi connectivity index (χ4n) is 1.65. The highest BCUT2D eigenvalue weighted by Crippen LogP contribution is 2.18. The van der Waals surface area contributed by atoms with Gasteiger partial charge in [-0.25, -0.2) is 4.98 Å². The van der Waals surface area contributed by atoms with Gasteiger partial charge in [0, 0.05) is 5.02 Å². The molecule has 0 radical (unpaired) electrons. The van der Waals surface area contributed by atoms with Crippen molar-refractivity contribution in [2.45, 2.75) is 0 Å². The molecule has 0 amide bonds. The molecule has 1 aromatic carbocycles. The highest BCUT2D eigenvalue weighted by atomic mass is 35.5. The zero-order valence-corrected chi connectivity index (χ0v) is 9.36. The van der Waals surface area contributed by atoms with Crippen LogP contribution < -0.4 is 5.56 Å². The molecule has 0 fully saturated rings. The third kappa shape index (κ3) is 1.72. The van der Waals surface area contributed by atoms with Gasteiger partial charge in [-0.3, -0.25) is 4.79 Å². The van der Waals surface area contributed by atoms with Crippen LogP contribution in [0.2, 0.25) is 5.02 Å². The number of aromatic nitrogens is 2. The summed E-state index contributed by atoms with van der Waals surface area (Å²) in [6.07, 6.45) is 3.06. The van der Waals surface area contributed by atoms with Gasteiger partial charge in [-0.2, -0.15) is 0 Å². The van der Waals surface area contributed by atoms with Crippen LogP contribution in [0.3, 0.4) is 0 Å². The third-order valence-corrected chi connectivity index (χ3v) is 2.70. The second-order valence-electron chi connectivity index (χ2n) is 3.59. The number of nitrogens with one attached hydrogen (secondary N) is 1. The summed E-state index contributed by atoms with van der Waals surface area (Å²) in [6.45, 7) is 0. The number of fused-ring (bicyclic) bond motifs is 1. The van der Waals surface area contributed by atoms with Gasteiger partial charge in [0.05, 0.1) is 22.7 Å². The number of hydrogen-bond acceptors (Lipinski definition) is 3. The molecule has 3 rings (SSSR count). The molecule has 0 aliphatic heterocycles. The fraction of sp³-hybridized carbons (Fsp3) is 0. The van der Waals surface area contributed by atoms with Gasteiger partial charge < -0.3 is 9.40 Å². The van der Waals surface area contributed by atoms with Crippen molar-refractivity contribution in [3.05, 3.63) is 52.2 Å². The smallest absolute Gasteiger partial charge is 0.259 e. The van der Waals surface area contributed by atoms with E-state index in [9.17, 15) is 4.79 Å². The number of H-pyrrole nitrogens is 1. The number of hydrogen-bond donors (Lipinski definition) is 1. The minimum absolute atomic E-state index is 0.214. The molecule has 0 saturated carbocycles. The van der Waals surface area contributed by atoms with Crippen molar-refractivity contribution in [2.24, 2.45) is 0 Å². The maximum atomic E-state index is 11.9. The molecule has 0 spiro atoms. The molecule has 0 aliphatic rings. The number of nitrogens with zero attached hydrogens (tertiary/aromatic N) is 1. The van der Waals surface area contributed by atoms with Crippen LogP contribution in [0, 0.1) is 0 Å². The highest BCUT2D eigenvalue weighted by molar-refractivity contribution is 6.31. The van der Waals surface area contributed by atoms with Crippen molar-refractivity contribution in [2.75, 3.05) is 0 Å². The van der Waals surface area contributed by atoms with Crippen LogP contribution in [0.5, 0.6) is 0 Å². The molecule has 0 saturated heterocycles. The lowest BCUT2D eigenvalue weighted by Crippen LogP contribution is -2.09. The first-order chi connectivity index (χ1) is 8.24. The van der Waals surface area contributed by atoms with E-state index in [1.807, 2.05) is 0 Å². The summed E-state index contributed by atoms with van der Waals surface area (Å²) < 4.78 is 4.96. The molecule has 5 heteroatoms. The largest absolute Gasteiger partial charge is 0.472 e. The van der Waals surface area contributed by atoms with E-state index in [4.69, 9.17) is 16.0 Å². The molecule has 0 bridgehead atoms. The summed E-state index contributed by atoms with van der Waals surface area (Å²) in [6, 6.07) is 6.76. The van der Waals surface area contributed by atoms with Crippen molar-refractivity contribution < 1.29 is 4.42 Å². The van der Waals surface area contributed by atoms with Gasteiger partial charge in [0.1, 0.15) is 12.1 Å². The number of aromatic amines is 1. The first kappa shape index (κ1) is 10.1. The summed E-state index contributed by atoms with van der Waals surface area (Å²) in [5.41, 5.74) is 1.13. The minimum atomic E-state index is -0.214. The van der Waals surface area contributed by atoms with Crippen LogP contribution in [0.15, 0.2) is 46.0 Å².